The molecule has 0 aliphatic carbocycles. The maximum absolute atomic E-state index is 14.4. The molecule has 0 fully saturated rings. The third kappa shape index (κ3) is 6.62. The number of aryl methyl sites for hydroxylation is 2. The van der Waals surface area contributed by atoms with E-state index >= 15 is 0 Å². The molecule has 1 unspecified atom stereocenters. The Morgan fingerprint density at radius 3 is 2.37 bits per heavy atom. The molecule has 3 aromatic carbocycles. The Morgan fingerprint density at radius 2 is 1.73 bits per heavy atom. The molecule has 2 N–H and O–H groups in total. The van der Waals surface area contributed by atoms with Gasteiger partial charge in [-0.05, 0) is 68.1 Å². The highest BCUT2D eigenvalue weighted by atomic mass is 16.2. The van der Waals surface area contributed by atoms with Crippen molar-refractivity contribution in [1.82, 2.24) is 14.5 Å². The van der Waals surface area contributed by atoms with Gasteiger partial charge in [-0.2, -0.15) is 5.26 Å². The quantitative estimate of drug-likeness (QED) is 0.277. The number of amides is 1. The molecule has 7 heteroatoms. The molecule has 1 aromatic heterocycles. The smallest absolute Gasteiger partial charge is 0.262 e. The lowest BCUT2D eigenvalue weighted by Crippen LogP contribution is -2.42. The summed E-state index contributed by atoms with van der Waals surface area (Å²) in [5, 5.41) is 9.47. The Bertz CT molecular complexity index is 1600. The minimum atomic E-state index is -0.482. The fraction of sp³-hybridized carbons (Fsp3) is 0.294. The highest BCUT2D eigenvalue weighted by Gasteiger charge is 2.33. The summed E-state index contributed by atoms with van der Waals surface area (Å²) in [6, 6.07) is 26.0. The number of rotatable bonds is 10. The minimum absolute atomic E-state index is 0.0525. The van der Waals surface area contributed by atoms with Crippen molar-refractivity contribution in [1.29, 1.82) is 5.26 Å². The standard InChI is InChI=1S/C34H37N5O2/c1-23(2)31(38(19-9-18-35)33(40)28-16-14-24(3)15-17-28)32-37-25(4)30(29-13-8-12-27(20-29)21-36)34(41)39(32)22-26-10-6-5-7-11-26/h5-8,10-17,20,23,31H,9,18-19,22,35H2,1-4H3. The molecule has 0 saturated heterocycles. The van der Waals surface area contributed by atoms with Crippen LogP contribution in [0.4, 0.5) is 0 Å². The van der Waals surface area contributed by atoms with Crippen LogP contribution in [0, 0.1) is 31.1 Å². The van der Waals surface area contributed by atoms with E-state index in [4.69, 9.17) is 10.7 Å². The molecule has 4 aromatic rings. The second-order valence-electron chi connectivity index (χ2n) is 10.7. The van der Waals surface area contributed by atoms with Gasteiger partial charge >= 0.3 is 0 Å². The van der Waals surface area contributed by atoms with Crippen LogP contribution in [-0.4, -0.2) is 33.4 Å². The lowest BCUT2D eigenvalue weighted by molar-refractivity contribution is 0.0602. The van der Waals surface area contributed by atoms with Gasteiger partial charge in [-0.1, -0.05) is 74.0 Å². The Morgan fingerprint density at radius 1 is 1.02 bits per heavy atom. The summed E-state index contributed by atoms with van der Waals surface area (Å²) in [5.74, 6) is 0.355. The van der Waals surface area contributed by atoms with Crippen LogP contribution < -0.4 is 11.3 Å². The Balaban J connectivity index is 1.95. The first-order chi connectivity index (χ1) is 19.7. The lowest BCUT2D eigenvalue weighted by Gasteiger charge is -2.36. The van der Waals surface area contributed by atoms with Gasteiger partial charge in [-0.15, -0.1) is 0 Å². The fourth-order valence-electron chi connectivity index (χ4n) is 5.19. The molecule has 41 heavy (non-hydrogen) atoms. The lowest BCUT2D eigenvalue weighted by atomic mass is 9.97. The maximum atomic E-state index is 14.4. The maximum Gasteiger partial charge on any atom is 0.262 e. The molecule has 0 spiro atoms. The van der Waals surface area contributed by atoms with Crippen molar-refractivity contribution in [2.75, 3.05) is 13.1 Å². The predicted octanol–water partition coefficient (Wildman–Crippen LogP) is 5.64. The van der Waals surface area contributed by atoms with E-state index in [-0.39, 0.29) is 17.4 Å². The van der Waals surface area contributed by atoms with Crippen LogP contribution in [0.5, 0.6) is 0 Å². The predicted molar refractivity (Wildman–Crippen MR) is 162 cm³/mol. The van der Waals surface area contributed by atoms with Crippen LogP contribution in [0.2, 0.25) is 0 Å². The van der Waals surface area contributed by atoms with E-state index in [0.29, 0.717) is 59.8 Å². The first-order valence-corrected chi connectivity index (χ1v) is 14.0. The van der Waals surface area contributed by atoms with E-state index in [1.54, 1.807) is 22.8 Å². The summed E-state index contributed by atoms with van der Waals surface area (Å²) in [5.41, 5.74) is 10.4. The van der Waals surface area contributed by atoms with Crippen LogP contribution in [0.25, 0.3) is 11.1 Å². The zero-order chi connectivity index (χ0) is 29.5. The molecule has 0 aliphatic rings. The second kappa shape index (κ2) is 13.2. The van der Waals surface area contributed by atoms with Gasteiger partial charge in [0, 0.05) is 12.1 Å². The van der Waals surface area contributed by atoms with Crippen molar-refractivity contribution in [3.63, 3.8) is 0 Å². The van der Waals surface area contributed by atoms with Crippen molar-refractivity contribution in [2.24, 2.45) is 11.7 Å². The van der Waals surface area contributed by atoms with Crippen molar-refractivity contribution in [2.45, 2.75) is 46.7 Å². The third-order valence-corrected chi connectivity index (χ3v) is 7.24. The van der Waals surface area contributed by atoms with Crippen molar-refractivity contribution in [3.05, 3.63) is 123 Å². The van der Waals surface area contributed by atoms with Crippen LogP contribution >= 0.6 is 0 Å². The number of carbonyl (C=O) groups excluding carboxylic acids is 1. The third-order valence-electron chi connectivity index (χ3n) is 7.24. The molecular weight excluding hydrogens is 510 g/mol. The number of carbonyl (C=O) groups is 1. The van der Waals surface area contributed by atoms with Crippen molar-refractivity contribution < 1.29 is 4.79 Å². The van der Waals surface area contributed by atoms with Gasteiger partial charge in [0.05, 0.1) is 35.5 Å². The van der Waals surface area contributed by atoms with Crippen molar-refractivity contribution >= 4 is 5.91 Å². The van der Waals surface area contributed by atoms with Gasteiger partial charge in [0.2, 0.25) is 0 Å². The monoisotopic (exact) mass is 547 g/mol. The fourth-order valence-corrected chi connectivity index (χ4v) is 5.19. The minimum Gasteiger partial charge on any atom is -0.330 e. The number of aromatic nitrogens is 2. The Hall–Kier alpha value is -4.54. The summed E-state index contributed by atoms with van der Waals surface area (Å²) in [4.78, 5) is 35.3. The average molecular weight is 548 g/mol. The summed E-state index contributed by atoms with van der Waals surface area (Å²) in [7, 11) is 0. The van der Waals surface area contributed by atoms with Gasteiger partial charge < -0.3 is 10.6 Å². The number of nitriles is 1. The van der Waals surface area contributed by atoms with E-state index in [1.807, 2.05) is 93.3 Å². The van der Waals surface area contributed by atoms with E-state index in [9.17, 15) is 14.9 Å². The van der Waals surface area contributed by atoms with Gasteiger partial charge in [-0.25, -0.2) is 4.98 Å². The summed E-state index contributed by atoms with van der Waals surface area (Å²) in [6.45, 7) is 9.04. The van der Waals surface area contributed by atoms with E-state index in [0.717, 1.165) is 11.1 Å². The molecule has 0 bridgehead atoms. The molecule has 0 saturated carbocycles. The number of nitrogens with zero attached hydrogens (tertiary/aromatic N) is 4. The second-order valence-corrected chi connectivity index (χ2v) is 10.7. The van der Waals surface area contributed by atoms with Gasteiger partial charge in [0.1, 0.15) is 5.82 Å². The highest BCUT2D eigenvalue weighted by molar-refractivity contribution is 5.94. The van der Waals surface area contributed by atoms with Crippen LogP contribution in [0.3, 0.4) is 0 Å². The normalized spacial score (nSPS) is 11.7. The summed E-state index contributed by atoms with van der Waals surface area (Å²) in [6.07, 6.45) is 0.613. The molecule has 0 radical (unpaired) electrons. The van der Waals surface area contributed by atoms with Gasteiger partial charge in [0.25, 0.3) is 11.5 Å². The zero-order valence-electron chi connectivity index (χ0n) is 24.2. The topological polar surface area (TPSA) is 105 Å². The summed E-state index contributed by atoms with van der Waals surface area (Å²) >= 11 is 0. The van der Waals surface area contributed by atoms with E-state index in [2.05, 4.69) is 6.07 Å². The number of hydrogen-bond acceptors (Lipinski definition) is 5. The molecule has 1 heterocycles. The van der Waals surface area contributed by atoms with Crippen LogP contribution in [0.1, 0.15) is 64.9 Å². The van der Waals surface area contributed by atoms with Gasteiger partial charge in [0.15, 0.2) is 0 Å². The molecule has 1 amide bonds. The first kappa shape index (κ1) is 29.4. The van der Waals surface area contributed by atoms with E-state index in [1.165, 1.54) is 0 Å². The first-order valence-electron chi connectivity index (χ1n) is 14.0. The van der Waals surface area contributed by atoms with Crippen LogP contribution in [-0.2, 0) is 6.54 Å². The number of hydrogen-bond donors (Lipinski definition) is 1. The van der Waals surface area contributed by atoms with E-state index < -0.39 is 6.04 Å². The molecular formula is C34H37N5O2. The molecule has 210 valence electrons. The van der Waals surface area contributed by atoms with Gasteiger partial charge in [-0.3, -0.25) is 14.2 Å². The van der Waals surface area contributed by atoms with Crippen LogP contribution in [0.15, 0.2) is 83.7 Å². The Labute approximate surface area is 241 Å². The molecule has 4 rings (SSSR count). The molecule has 1 atom stereocenters. The largest absolute Gasteiger partial charge is 0.330 e. The highest BCUT2D eigenvalue weighted by Crippen LogP contribution is 2.31. The number of benzene rings is 3. The zero-order valence-corrected chi connectivity index (χ0v) is 24.2. The summed E-state index contributed by atoms with van der Waals surface area (Å²) < 4.78 is 1.69. The average Bonchev–Trinajstić information content (AvgIpc) is 2.97. The van der Waals surface area contributed by atoms with Crippen molar-refractivity contribution in [3.8, 4) is 17.2 Å². The number of nitrogens with two attached hydrogens (primary N) is 1. The SMILES string of the molecule is Cc1ccc(C(=O)N(CCCN)C(c2nc(C)c(-c3cccc(C#N)c3)c(=O)n2Cc2ccccc2)C(C)C)cc1. The molecule has 0 aliphatic heterocycles. The Kier molecular flexibility index (Phi) is 9.49. The molecule has 7 nitrogen and oxygen atoms in total.